The van der Waals surface area contributed by atoms with Gasteiger partial charge in [0.05, 0.1) is 6.26 Å². The smallest absolute Gasteiger partial charge is 0.344 e. The van der Waals surface area contributed by atoms with Gasteiger partial charge in [-0.3, -0.25) is 0 Å². The van der Waals surface area contributed by atoms with E-state index in [9.17, 15) is 9.59 Å². The minimum absolute atomic E-state index is 0.223. The Hall–Kier alpha value is -2.30. The van der Waals surface area contributed by atoms with E-state index >= 15 is 0 Å². The minimum Gasteiger partial charge on any atom is -0.486 e. The molecule has 1 aliphatic rings. The summed E-state index contributed by atoms with van der Waals surface area (Å²) in [7, 11) is 0. The summed E-state index contributed by atoms with van der Waals surface area (Å²) >= 11 is 0. The van der Waals surface area contributed by atoms with Crippen molar-refractivity contribution < 1.29 is 24.2 Å². The summed E-state index contributed by atoms with van der Waals surface area (Å²) in [6.07, 6.45) is 0.137. The average molecular weight is 248 g/mol. The number of carbonyl (C=O) groups is 2. The molecule has 1 unspecified atom stereocenters. The van der Waals surface area contributed by atoms with Gasteiger partial charge in [0.25, 0.3) is 0 Å². The molecule has 0 saturated heterocycles. The Balaban J connectivity index is 2.29. The summed E-state index contributed by atoms with van der Waals surface area (Å²) in [4.78, 5) is 22.3. The fourth-order valence-electron chi connectivity index (χ4n) is 1.58. The second-order valence-electron chi connectivity index (χ2n) is 3.88. The van der Waals surface area contributed by atoms with Gasteiger partial charge < -0.3 is 14.6 Å². The molecule has 0 fully saturated rings. The molecule has 94 valence electrons. The van der Waals surface area contributed by atoms with E-state index in [4.69, 9.17) is 14.6 Å². The minimum atomic E-state index is -1.09. The van der Waals surface area contributed by atoms with Crippen LogP contribution in [0.15, 0.2) is 30.5 Å². The Morgan fingerprint density at radius 2 is 2.22 bits per heavy atom. The van der Waals surface area contributed by atoms with Crippen LogP contribution in [-0.2, 0) is 25.7 Å². The molecule has 5 nitrogen and oxygen atoms in total. The van der Waals surface area contributed by atoms with Gasteiger partial charge in [-0.25, -0.2) is 9.59 Å². The van der Waals surface area contributed by atoms with Gasteiger partial charge >= 0.3 is 11.9 Å². The van der Waals surface area contributed by atoms with Crippen molar-refractivity contribution in [2.75, 3.05) is 0 Å². The molecule has 0 amide bonds. The molecule has 0 aromatic heterocycles. The fraction of sp³-hybridized carbons (Fsp3) is 0.231. The predicted molar refractivity (Wildman–Crippen MR) is 62.4 cm³/mol. The zero-order chi connectivity index (χ0) is 13.1. The fourth-order valence-corrected chi connectivity index (χ4v) is 1.58. The molecule has 0 saturated carbocycles. The first kappa shape index (κ1) is 12.2. The number of fused-ring (bicyclic) bond motifs is 1. The Bertz CT molecular complexity index is 518. The highest BCUT2D eigenvalue weighted by Crippen LogP contribution is 2.26. The first-order valence-electron chi connectivity index (χ1n) is 5.43. The number of aliphatic carboxylic acids is 1. The van der Waals surface area contributed by atoms with Crippen molar-refractivity contribution in [3.05, 3.63) is 41.7 Å². The number of ether oxygens (including phenoxy) is 2. The maximum atomic E-state index is 11.6. The van der Waals surface area contributed by atoms with Crippen molar-refractivity contribution in [3.8, 4) is 0 Å². The molecule has 0 bridgehead atoms. The van der Waals surface area contributed by atoms with Crippen molar-refractivity contribution in [3.63, 3.8) is 0 Å². The number of carboxylic acids is 1. The molecule has 0 spiro atoms. The zero-order valence-electron chi connectivity index (χ0n) is 9.75. The van der Waals surface area contributed by atoms with E-state index in [0.29, 0.717) is 5.56 Å². The van der Waals surface area contributed by atoms with Crippen LogP contribution in [0.3, 0.4) is 0 Å². The number of hydrogen-bond donors (Lipinski definition) is 1. The number of benzene rings is 1. The first-order valence-corrected chi connectivity index (χ1v) is 5.43. The summed E-state index contributed by atoms with van der Waals surface area (Å²) in [5.41, 5.74) is 1.83. The van der Waals surface area contributed by atoms with Crippen molar-refractivity contribution in [1.29, 1.82) is 0 Å². The Morgan fingerprint density at radius 1 is 1.50 bits per heavy atom. The summed E-state index contributed by atoms with van der Waals surface area (Å²) in [5, 5.41) is 8.70. The summed E-state index contributed by atoms with van der Waals surface area (Å²) in [6, 6.07) is 7.26. The summed E-state index contributed by atoms with van der Waals surface area (Å²) in [6.45, 7) is 1.61. The molecule has 18 heavy (non-hydrogen) atoms. The van der Waals surface area contributed by atoms with E-state index in [1.807, 2.05) is 12.1 Å². The van der Waals surface area contributed by atoms with Crippen molar-refractivity contribution in [1.82, 2.24) is 0 Å². The van der Waals surface area contributed by atoms with E-state index in [2.05, 4.69) is 0 Å². The van der Waals surface area contributed by atoms with E-state index in [-0.39, 0.29) is 12.2 Å². The van der Waals surface area contributed by atoms with Crippen LogP contribution in [0.5, 0.6) is 0 Å². The highest BCUT2D eigenvalue weighted by molar-refractivity contribution is 6.17. The van der Waals surface area contributed by atoms with Crippen molar-refractivity contribution in [2.24, 2.45) is 0 Å². The molecular formula is C13H12O5. The lowest BCUT2D eigenvalue weighted by molar-refractivity contribution is -0.146. The van der Waals surface area contributed by atoms with E-state index < -0.39 is 18.0 Å². The molecule has 2 rings (SSSR count). The summed E-state index contributed by atoms with van der Waals surface area (Å²) in [5.74, 6) is -1.60. The van der Waals surface area contributed by atoms with Gasteiger partial charge in [-0.05, 0) is 18.1 Å². The van der Waals surface area contributed by atoms with Gasteiger partial charge in [0.2, 0.25) is 0 Å². The Morgan fingerprint density at radius 3 is 2.94 bits per heavy atom. The zero-order valence-corrected chi connectivity index (χ0v) is 9.75. The molecule has 1 N–H and O–H groups in total. The second-order valence-corrected chi connectivity index (χ2v) is 3.88. The van der Waals surface area contributed by atoms with Crippen molar-refractivity contribution in [2.45, 2.75) is 19.6 Å². The Labute approximate surface area is 104 Å². The molecule has 1 aromatic rings. The Kier molecular flexibility index (Phi) is 3.32. The van der Waals surface area contributed by atoms with Crippen LogP contribution in [0, 0.1) is 0 Å². The van der Waals surface area contributed by atoms with Crippen LogP contribution in [0.1, 0.15) is 18.1 Å². The predicted octanol–water partition coefficient (Wildman–Crippen LogP) is 1.57. The number of esters is 1. The molecular weight excluding hydrogens is 236 g/mol. The summed E-state index contributed by atoms with van der Waals surface area (Å²) < 4.78 is 9.98. The van der Waals surface area contributed by atoms with Crippen LogP contribution in [0.2, 0.25) is 0 Å². The SMILES string of the molecule is CC(OC=C1C(=O)OCc2ccccc21)C(=O)O. The van der Waals surface area contributed by atoms with Crippen LogP contribution < -0.4 is 0 Å². The standard InChI is InChI=1S/C13H12O5/c1-8(12(14)15)17-7-11-10-5-3-2-4-9(10)6-18-13(11)16/h2-5,7-8H,6H2,1H3,(H,14,15). The topological polar surface area (TPSA) is 72.8 Å². The monoisotopic (exact) mass is 248 g/mol. The number of cyclic esters (lactones) is 1. The van der Waals surface area contributed by atoms with Crippen LogP contribution in [0.25, 0.3) is 5.57 Å². The molecule has 1 aromatic carbocycles. The third-order valence-corrected chi connectivity index (χ3v) is 2.62. The van der Waals surface area contributed by atoms with Crippen LogP contribution in [0.4, 0.5) is 0 Å². The van der Waals surface area contributed by atoms with Crippen LogP contribution in [-0.4, -0.2) is 23.1 Å². The van der Waals surface area contributed by atoms with Gasteiger partial charge in [0.1, 0.15) is 12.2 Å². The molecule has 0 aliphatic carbocycles. The molecule has 1 atom stereocenters. The third kappa shape index (κ3) is 2.34. The highest BCUT2D eigenvalue weighted by atomic mass is 16.5. The molecule has 1 heterocycles. The van der Waals surface area contributed by atoms with Gasteiger partial charge in [-0.2, -0.15) is 0 Å². The van der Waals surface area contributed by atoms with E-state index in [0.717, 1.165) is 11.8 Å². The quantitative estimate of drug-likeness (QED) is 0.499. The molecule has 5 heteroatoms. The molecule has 1 aliphatic heterocycles. The van der Waals surface area contributed by atoms with Gasteiger partial charge in [0.15, 0.2) is 6.10 Å². The lowest BCUT2D eigenvalue weighted by Crippen LogP contribution is -2.19. The lowest BCUT2D eigenvalue weighted by Gasteiger charge is -2.18. The second kappa shape index (κ2) is 4.91. The lowest BCUT2D eigenvalue weighted by atomic mass is 9.99. The maximum Gasteiger partial charge on any atom is 0.344 e. The number of hydrogen-bond acceptors (Lipinski definition) is 4. The van der Waals surface area contributed by atoms with Gasteiger partial charge in [0, 0.05) is 0 Å². The number of carbonyl (C=O) groups excluding carboxylic acids is 1. The van der Waals surface area contributed by atoms with Crippen molar-refractivity contribution >= 4 is 17.5 Å². The normalized spacial score (nSPS) is 17.8. The van der Waals surface area contributed by atoms with Gasteiger partial charge in [-0.1, -0.05) is 24.3 Å². The molecule has 0 radical (unpaired) electrons. The average Bonchev–Trinajstić information content (AvgIpc) is 2.37. The van der Waals surface area contributed by atoms with E-state index in [1.165, 1.54) is 6.92 Å². The highest BCUT2D eigenvalue weighted by Gasteiger charge is 2.23. The number of carboxylic acid groups (broad SMARTS) is 1. The first-order chi connectivity index (χ1) is 8.59. The largest absolute Gasteiger partial charge is 0.486 e. The van der Waals surface area contributed by atoms with Crippen LogP contribution >= 0.6 is 0 Å². The van der Waals surface area contributed by atoms with E-state index in [1.54, 1.807) is 12.1 Å². The third-order valence-electron chi connectivity index (χ3n) is 2.62. The number of rotatable bonds is 3. The maximum absolute atomic E-state index is 11.6. The van der Waals surface area contributed by atoms with Gasteiger partial charge in [-0.15, -0.1) is 0 Å².